The van der Waals surface area contributed by atoms with Gasteiger partial charge in [-0.15, -0.1) is 0 Å². The van der Waals surface area contributed by atoms with Gasteiger partial charge in [-0.25, -0.2) is 4.98 Å². The lowest BCUT2D eigenvalue weighted by molar-refractivity contribution is -0.149. The summed E-state index contributed by atoms with van der Waals surface area (Å²) in [6.45, 7) is 4.70. The zero-order valence-electron chi connectivity index (χ0n) is 22.5. The van der Waals surface area contributed by atoms with Gasteiger partial charge in [0.05, 0.1) is 17.5 Å². The number of nitrogens with one attached hydrogen (secondary N) is 2. The van der Waals surface area contributed by atoms with Crippen molar-refractivity contribution in [3.8, 4) is 0 Å². The van der Waals surface area contributed by atoms with Gasteiger partial charge >= 0.3 is 0 Å². The Balaban J connectivity index is 1.21. The largest absolute Gasteiger partial charge is 0.325 e. The Morgan fingerprint density at radius 1 is 1.08 bits per heavy atom. The van der Waals surface area contributed by atoms with Gasteiger partial charge in [0.2, 0.25) is 17.7 Å². The Morgan fingerprint density at radius 2 is 1.85 bits per heavy atom. The standard InChI is InChI=1S/C31H33N5O3/c1-19(2)27-29(38)36(25(17-35(27)3)20-8-5-4-6-9-20)18-26(37)33-23-12-11-21-15-31(16-22(21)14-23)24-10-7-13-32-28(24)34-30(31)39/h4-14,19,25,27H,15-18H2,1-3H3,(H,33,37)(H,32,34,39)/t25?,27-,31?/m0/s1. The first-order valence-corrected chi connectivity index (χ1v) is 13.5. The zero-order chi connectivity index (χ0) is 27.3. The Labute approximate surface area is 228 Å². The van der Waals surface area contributed by atoms with E-state index < -0.39 is 5.41 Å². The third kappa shape index (κ3) is 4.29. The number of carbonyl (C=O) groups is 3. The highest BCUT2D eigenvalue weighted by atomic mass is 16.2. The van der Waals surface area contributed by atoms with Crippen LogP contribution in [0.4, 0.5) is 11.5 Å². The second-order valence-electron chi connectivity index (χ2n) is 11.3. The van der Waals surface area contributed by atoms with Crippen molar-refractivity contribution in [3.05, 3.63) is 89.1 Å². The van der Waals surface area contributed by atoms with Crippen LogP contribution in [0.1, 0.15) is 42.1 Å². The van der Waals surface area contributed by atoms with Crippen molar-refractivity contribution < 1.29 is 14.4 Å². The minimum absolute atomic E-state index is 0.0294. The number of nitrogens with zero attached hydrogens (tertiary/aromatic N) is 3. The summed E-state index contributed by atoms with van der Waals surface area (Å²) in [7, 11) is 1.98. The third-order valence-corrected chi connectivity index (χ3v) is 8.44. The summed E-state index contributed by atoms with van der Waals surface area (Å²) in [6, 6.07) is 19.1. The average Bonchev–Trinajstić information content (AvgIpc) is 3.43. The van der Waals surface area contributed by atoms with Crippen LogP contribution in [0.5, 0.6) is 0 Å². The number of hydrogen-bond acceptors (Lipinski definition) is 5. The van der Waals surface area contributed by atoms with Crippen LogP contribution in [0.2, 0.25) is 0 Å². The Bertz CT molecular complexity index is 1460. The van der Waals surface area contributed by atoms with Crippen molar-refractivity contribution in [2.45, 2.75) is 44.2 Å². The summed E-state index contributed by atoms with van der Waals surface area (Å²) in [6.07, 6.45) is 2.84. The lowest BCUT2D eigenvalue weighted by Crippen LogP contribution is -2.59. The molecule has 2 N–H and O–H groups in total. The van der Waals surface area contributed by atoms with Crippen LogP contribution in [0, 0.1) is 5.92 Å². The number of aromatic nitrogens is 1. The van der Waals surface area contributed by atoms with Gasteiger partial charge in [-0.3, -0.25) is 19.3 Å². The Hall–Kier alpha value is -4.04. The molecule has 1 spiro atoms. The number of benzene rings is 2. The molecule has 8 nitrogen and oxygen atoms in total. The molecule has 1 aliphatic carbocycles. The number of anilines is 2. The second kappa shape index (κ2) is 9.61. The highest BCUT2D eigenvalue weighted by Gasteiger charge is 2.51. The van der Waals surface area contributed by atoms with Crippen LogP contribution in [0.15, 0.2) is 66.9 Å². The van der Waals surface area contributed by atoms with E-state index in [-0.39, 0.29) is 42.3 Å². The Kier molecular flexibility index (Phi) is 6.22. The molecule has 0 bridgehead atoms. The van der Waals surface area contributed by atoms with Gasteiger partial charge in [0.1, 0.15) is 12.4 Å². The molecule has 2 aliphatic heterocycles. The lowest BCUT2D eigenvalue weighted by atomic mass is 9.79. The first-order chi connectivity index (χ1) is 18.8. The van der Waals surface area contributed by atoms with Gasteiger partial charge in [0.25, 0.3) is 0 Å². The van der Waals surface area contributed by atoms with Crippen molar-refractivity contribution in [1.29, 1.82) is 0 Å². The summed E-state index contributed by atoms with van der Waals surface area (Å²) in [5.41, 5.74) is 4.08. The predicted octanol–water partition coefficient (Wildman–Crippen LogP) is 3.55. The topological polar surface area (TPSA) is 94.6 Å². The van der Waals surface area contributed by atoms with E-state index in [0.29, 0.717) is 30.9 Å². The van der Waals surface area contributed by atoms with Crippen molar-refractivity contribution in [2.75, 3.05) is 30.8 Å². The second-order valence-corrected chi connectivity index (χ2v) is 11.3. The van der Waals surface area contributed by atoms with E-state index in [0.717, 1.165) is 22.3 Å². The quantitative estimate of drug-likeness (QED) is 0.534. The smallest absolute Gasteiger partial charge is 0.244 e. The number of likely N-dealkylation sites (N-methyl/N-ethyl adjacent to an activating group) is 1. The summed E-state index contributed by atoms with van der Waals surface area (Å²) >= 11 is 0. The number of rotatable bonds is 5. The van der Waals surface area contributed by atoms with Crippen LogP contribution in [0.3, 0.4) is 0 Å². The van der Waals surface area contributed by atoms with E-state index in [9.17, 15) is 14.4 Å². The van der Waals surface area contributed by atoms with E-state index in [2.05, 4.69) is 20.5 Å². The molecular weight excluding hydrogens is 490 g/mol. The van der Waals surface area contributed by atoms with E-state index in [1.807, 2.05) is 81.6 Å². The van der Waals surface area contributed by atoms with E-state index in [4.69, 9.17) is 0 Å². The van der Waals surface area contributed by atoms with Crippen LogP contribution in [0.25, 0.3) is 0 Å². The predicted molar refractivity (Wildman–Crippen MR) is 149 cm³/mol. The van der Waals surface area contributed by atoms with Gasteiger partial charge in [0.15, 0.2) is 0 Å². The van der Waals surface area contributed by atoms with Crippen molar-refractivity contribution in [2.24, 2.45) is 5.92 Å². The highest BCUT2D eigenvalue weighted by Crippen LogP contribution is 2.47. The molecule has 3 heterocycles. The maximum absolute atomic E-state index is 13.6. The molecule has 3 aliphatic rings. The number of pyridine rings is 1. The number of carbonyl (C=O) groups excluding carboxylic acids is 3. The molecule has 3 atom stereocenters. The zero-order valence-corrected chi connectivity index (χ0v) is 22.5. The minimum atomic E-state index is -0.657. The van der Waals surface area contributed by atoms with Gasteiger partial charge in [-0.05, 0) is 60.7 Å². The average molecular weight is 524 g/mol. The Morgan fingerprint density at radius 3 is 2.62 bits per heavy atom. The summed E-state index contributed by atoms with van der Waals surface area (Å²) in [5.74, 6) is 0.462. The van der Waals surface area contributed by atoms with Crippen molar-refractivity contribution in [3.63, 3.8) is 0 Å². The van der Waals surface area contributed by atoms with Crippen LogP contribution in [-0.4, -0.2) is 58.7 Å². The SMILES string of the molecule is CC(C)[C@H]1C(=O)N(CC(=O)Nc2ccc3c(c2)CC2(C3)C(=O)Nc3ncccc32)C(c2ccccc2)CN1C. The number of piperazine rings is 1. The molecule has 2 aromatic carbocycles. The van der Waals surface area contributed by atoms with Crippen LogP contribution >= 0.6 is 0 Å². The highest BCUT2D eigenvalue weighted by molar-refractivity contribution is 6.06. The fourth-order valence-electron chi connectivity index (χ4n) is 6.64. The molecule has 200 valence electrons. The fraction of sp³-hybridized carbons (Fsp3) is 0.355. The molecule has 39 heavy (non-hydrogen) atoms. The van der Waals surface area contributed by atoms with E-state index in [1.54, 1.807) is 11.1 Å². The normalized spacial score (nSPS) is 24.2. The van der Waals surface area contributed by atoms with Crippen molar-refractivity contribution >= 4 is 29.2 Å². The maximum Gasteiger partial charge on any atom is 0.244 e. The number of amides is 3. The first-order valence-electron chi connectivity index (χ1n) is 13.5. The lowest BCUT2D eigenvalue weighted by Gasteiger charge is -2.45. The molecule has 6 rings (SSSR count). The van der Waals surface area contributed by atoms with E-state index >= 15 is 0 Å². The fourth-order valence-corrected chi connectivity index (χ4v) is 6.64. The van der Waals surface area contributed by atoms with Gasteiger partial charge in [-0.1, -0.05) is 56.3 Å². The molecule has 8 heteroatoms. The van der Waals surface area contributed by atoms with Gasteiger partial charge in [0, 0.05) is 24.0 Å². The molecule has 2 unspecified atom stereocenters. The molecule has 1 fully saturated rings. The first kappa shape index (κ1) is 25.2. The third-order valence-electron chi connectivity index (χ3n) is 8.44. The molecule has 0 radical (unpaired) electrons. The monoisotopic (exact) mass is 523 g/mol. The molecule has 0 saturated carbocycles. The molecule has 1 aromatic heterocycles. The molecule has 3 aromatic rings. The summed E-state index contributed by atoms with van der Waals surface area (Å²) < 4.78 is 0. The van der Waals surface area contributed by atoms with Crippen molar-refractivity contribution in [1.82, 2.24) is 14.8 Å². The van der Waals surface area contributed by atoms with Crippen LogP contribution < -0.4 is 10.6 Å². The van der Waals surface area contributed by atoms with Gasteiger partial charge < -0.3 is 15.5 Å². The number of fused-ring (bicyclic) bond motifs is 3. The molecule has 3 amide bonds. The van der Waals surface area contributed by atoms with Gasteiger partial charge in [-0.2, -0.15) is 0 Å². The maximum atomic E-state index is 13.6. The molecule has 1 saturated heterocycles. The van der Waals surface area contributed by atoms with Crippen LogP contribution in [-0.2, 0) is 32.6 Å². The summed E-state index contributed by atoms with van der Waals surface area (Å²) in [4.78, 5) is 48.2. The van der Waals surface area contributed by atoms with E-state index in [1.165, 1.54) is 0 Å². The number of hydrogen-bond donors (Lipinski definition) is 2. The summed E-state index contributed by atoms with van der Waals surface area (Å²) in [5, 5.41) is 5.95. The molecular formula is C31H33N5O3. The minimum Gasteiger partial charge on any atom is -0.325 e.